The largest absolute Gasteiger partial charge is 0.368 e. The lowest BCUT2D eigenvalue weighted by molar-refractivity contribution is 0.425. The third-order valence-electron chi connectivity index (χ3n) is 2.57. The molecule has 4 nitrogen and oxygen atoms in total. The Labute approximate surface area is 102 Å². The van der Waals surface area contributed by atoms with Gasteiger partial charge in [0.1, 0.15) is 11.6 Å². The van der Waals surface area contributed by atoms with Gasteiger partial charge in [-0.1, -0.05) is 12.1 Å². The molecule has 0 bridgehead atoms. The average Bonchev–Trinajstić information content (AvgIpc) is 2.28. The van der Waals surface area contributed by atoms with Crippen molar-refractivity contribution >= 4 is 16.7 Å². The molecule has 90 valence electrons. The molecule has 0 aliphatic carbocycles. The average molecular weight is 230 g/mol. The number of aryl methyl sites for hydroxylation is 1. The first-order valence-electron chi connectivity index (χ1n) is 5.79. The molecule has 0 fully saturated rings. The quantitative estimate of drug-likeness (QED) is 0.871. The topological polar surface area (TPSA) is 41.1 Å². The van der Waals surface area contributed by atoms with Crippen LogP contribution in [0.5, 0.6) is 0 Å². The molecule has 0 saturated carbocycles. The minimum atomic E-state index is 0.802. The standard InChI is InChI=1S/C13H18N4/c1-10-15-12-7-5-4-6-11(12)13(16-10)14-8-9-17(2)3/h4-7H,8-9H2,1-3H3,(H,14,15,16). The van der Waals surface area contributed by atoms with Crippen molar-refractivity contribution in [1.29, 1.82) is 0 Å². The SMILES string of the molecule is Cc1nc(NCCN(C)C)c2ccccc2n1. The monoisotopic (exact) mass is 230 g/mol. The Bertz CT molecular complexity index is 508. The Hall–Kier alpha value is -1.68. The van der Waals surface area contributed by atoms with E-state index in [1.807, 2.05) is 31.2 Å². The number of aromatic nitrogens is 2. The Balaban J connectivity index is 2.26. The number of hydrogen-bond donors (Lipinski definition) is 1. The van der Waals surface area contributed by atoms with E-state index in [9.17, 15) is 0 Å². The molecule has 2 rings (SSSR count). The number of rotatable bonds is 4. The van der Waals surface area contributed by atoms with Gasteiger partial charge in [0.2, 0.25) is 0 Å². The van der Waals surface area contributed by atoms with E-state index in [4.69, 9.17) is 0 Å². The van der Waals surface area contributed by atoms with Gasteiger partial charge in [-0.3, -0.25) is 0 Å². The number of likely N-dealkylation sites (N-methyl/N-ethyl adjacent to an activating group) is 1. The van der Waals surface area contributed by atoms with Crippen LogP contribution < -0.4 is 5.32 Å². The van der Waals surface area contributed by atoms with Gasteiger partial charge in [-0.05, 0) is 33.2 Å². The number of nitrogens with zero attached hydrogens (tertiary/aromatic N) is 3. The predicted molar refractivity (Wildman–Crippen MR) is 71.3 cm³/mol. The fourth-order valence-electron chi connectivity index (χ4n) is 1.73. The van der Waals surface area contributed by atoms with Crippen LogP contribution in [0.1, 0.15) is 5.82 Å². The van der Waals surface area contributed by atoms with Gasteiger partial charge in [-0.15, -0.1) is 0 Å². The molecule has 0 aliphatic heterocycles. The summed E-state index contributed by atoms with van der Waals surface area (Å²) >= 11 is 0. The second kappa shape index (κ2) is 5.10. The van der Waals surface area contributed by atoms with Gasteiger partial charge in [0.25, 0.3) is 0 Å². The van der Waals surface area contributed by atoms with Crippen molar-refractivity contribution in [3.05, 3.63) is 30.1 Å². The van der Waals surface area contributed by atoms with Crippen molar-refractivity contribution in [2.24, 2.45) is 0 Å². The van der Waals surface area contributed by atoms with Gasteiger partial charge in [0, 0.05) is 18.5 Å². The molecule has 0 saturated heterocycles. The molecule has 17 heavy (non-hydrogen) atoms. The molecule has 0 amide bonds. The van der Waals surface area contributed by atoms with Crippen LogP contribution in [0.15, 0.2) is 24.3 Å². The molecule has 1 N–H and O–H groups in total. The van der Waals surface area contributed by atoms with E-state index in [2.05, 4.69) is 34.3 Å². The molecule has 1 aromatic heterocycles. The summed E-state index contributed by atoms with van der Waals surface area (Å²) in [6, 6.07) is 8.07. The fourth-order valence-corrected chi connectivity index (χ4v) is 1.73. The van der Waals surface area contributed by atoms with Crippen LogP contribution in [0.4, 0.5) is 5.82 Å². The van der Waals surface area contributed by atoms with Crippen LogP contribution in [0.3, 0.4) is 0 Å². The van der Waals surface area contributed by atoms with Crippen molar-refractivity contribution < 1.29 is 0 Å². The summed E-state index contributed by atoms with van der Waals surface area (Å²) in [6.07, 6.45) is 0. The van der Waals surface area contributed by atoms with Crippen molar-refractivity contribution in [2.75, 3.05) is 32.5 Å². The predicted octanol–water partition coefficient (Wildman–Crippen LogP) is 1.91. The number of benzene rings is 1. The summed E-state index contributed by atoms with van der Waals surface area (Å²) in [6.45, 7) is 3.79. The number of hydrogen-bond acceptors (Lipinski definition) is 4. The van der Waals surface area contributed by atoms with Crippen LogP contribution in [0.25, 0.3) is 10.9 Å². The smallest absolute Gasteiger partial charge is 0.137 e. The van der Waals surface area contributed by atoms with Gasteiger partial charge in [-0.2, -0.15) is 0 Å². The third kappa shape index (κ3) is 2.91. The van der Waals surface area contributed by atoms with Crippen molar-refractivity contribution in [2.45, 2.75) is 6.92 Å². The number of fused-ring (bicyclic) bond motifs is 1. The normalized spacial score (nSPS) is 11.1. The van der Waals surface area contributed by atoms with E-state index in [1.165, 1.54) is 0 Å². The molecule has 1 aromatic carbocycles. The zero-order valence-corrected chi connectivity index (χ0v) is 10.6. The highest BCUT2D eigenvalue weighted by molar-refractivity contribution is 5.88. The van der Waals surface area contributed by atoms with E-state index < -0.39 is 0 Å². The summed E-state index contributed by atoms with van der Waals surface area (Å²) in [7, 11) is 4.12. The van der Waals surface area contributed by atoms with Crippen LogP contribution in [-0.2, 0) is 0 Å². The first kappa shape index (κ1) is 11.8. The van der Waals surface area contributed by atoms with Gasteiger partial charge in [-0.25, -0.2) is 9.97 Å². The molecular weight excluding hydrogens is 212 g/mol. The second-order valence-corrected chi connectivity index (χ2v) is 4.37. The van der Waals surface area contributed by atoms with Crippen LogP contribution in [0, 0.1) is 6.92 Å². The number of para-hydroxylation sites is 1. The summed E-state index contributed by atoms with van der Waals surface area (Å²) in [5.74, 6) is 1.73. The van der Waals surface area contributed by atoms with Gasteiger partial charge < -0.3 is 10.2 Å². The minimum absolute atomic E-state index is 0.802. The molecule has 0 atom stereocenters. The molecular formula is C13H18N4. The van der Waals surface area contributed by atoms with E-state index >= 15 is 0 Å². The van der Waals surface area contributed by atoms with Gasteiger partial charge >= 0.3 is 0 Å². The zero-order chi connectivity index (χ0) is 12.3. The van der Waals surface area contributed by atoms with Crippen molar-refractivity contribution in [3.8, 4) is 0 Å². The molecule has 1 heterocycles. The van der Waals surface area contributed by atoms with E-state index in [1.54, 1.807) is 0 Å². The van der Waals surface area contributed by atoms with Crippen LogP contribution in [-0.4, -0.2) is 42.1 Å². The van der Waals surface area contributed by atoms with E-state index in [-0.39, 0.29) is 0 Å². The summed E-state index contributed by atoms with van der Waals surface area (Å²) in [4.78, 5) is 11.0. The highest BCUT2D eigenvalue weighted by Gasteiger charge is 2.04. The highest BCUT2D eigenvalue weighted by atomic mass is 15.1. The van der Waals surface area contributed by atoms with Gasteiger partial charge in [0.15, 0.2) is 0 Å². The lowest BCUT2D eigenvalue weighted by Gasteiger charge is -2.12. The first-order chi connectivity index (χ1) is 8.16. The summed E-state index contributed by atoms with van der Waals surface area (Å²) < 4.78 is 0. The summed E-state index contributed by atoms with van der Waals surface area (Å²) in [5.41, 5.74) is 0.993. The van der Waals surface area contributed by atoms with Crippen LogP contribution >= 0.6 is 0 Å². The fraction of sp³-hybridized carbons (Fsp3) is 0.385. The lowest BCUT2D eigenvalue weighted by atomic mass is 10.2. The van der Waals surface area contributed by atoms with Crippen molar-refractivity contribution in [3.63, 3.8) is 0 Å². The highest BCUT2D eigenvalue weighted by Crippen LogP contribution is 2.19. The second-order valence-electron chi connectivity index (χ2n) is 4.37. The first-order valence-corrected chi connectivity index (χ1v) is 5.79. The van der Waals surface area contributed by atoms with Crippen LogP contribution in [0.2, 0.25) is 0 Å². The van der Waals surface area contributed by atoms with E-state index in [0.29, 0.717) is 0 Å². The summed E-state index contributed by atoms with van der Waals surface area (Å²) in [5, 5.41) is 4.45. The Morgan fingerprint density at radius 3 is 2.71 bits per heavy atom. The molecule has 0 radical (unpaired) electrons. The van der Waals surface area contributed by atoms with Gasteiger partial charge in [0.05, 0.1) is 5.52 Å². The molecule has 4 heteroatoms. The lowest BCUT2D eigenvalue weighted by Crippen LogP contribution is -2.21. The number of anilines is 1. The maximum absolute atomic E-state index is 4.46. The van der Waals surface area contributed by atoms with E-state index in [0.717, 1.165) is 35.6 Å². The minimum Gasteiger partial charge on any atom is -0.368 e. The Morgan fingerprint density at radius 2 is 1.94 bits per heavy atom. The molecule has 2 aromatic rings. The number of nitrogens with one attached hydrogen (secondary N) is 1. The molecule has 0 aliphatic rings. The Morgan fingerprint density at radius 1 is 1.18 bits per heavy atom. The maximum atomic E-state index is 4.46. The van der Waals surface area contributed by atoms with Crippen molar-refractivity contribution in [1.82, 2.24) is 14.9 Å². The Kier molecular flexibility index (Phi) is 3.54. The maximum Gasteiger partial charge on any atom is 0.137 e. The molecule has 0 unspecified atom stereocenters. The molecule has 0 spiro atoms. The zero-order valence-electron chi connectivity index (χ0n) is 10.6. The third-order valence-corrected chi connectivity index (χ3v) is 2.57.